The largest absolute Gasteiger partial charge is 0.480 e. The Morgan fingerprint density at radius 2 is 0.879 bits per heavy atom. The molecule has 0 aliphatic rings. The minimum Gasteiger partial charge on any atom is -0.480 e. The van der Waals surface area contributed by atoms with Crippen molar-refractivity contribution >= 4 is 25.7 Å². The van der Waals surface area contributed by atoms with E-state index in [0.717, 1.165) is 83.5 Å². The maximum Gasteiger partial charge on any atom is 0.472 e. The fourth-order valence-corrected chi connectivity index (χ4v) is 7.76. The standard InChI is InChI=1S/C54H94NO10P/c1-3-5-7-9-11-13-15-17-19-21-23-25-27-29-31-33-35-37-39-41-43-45-52(57)55-51(54(59)60)49-65-66(61,62)64-48-50(56)47-63-53(58)46-44-42-40-38-36-34-32-30-28-26-24-22-20-18-16-14-12-10-8-6-4-2/h5,7,11,13,17-20,23,25,29,31,50-51,56H,3-4,6,8-10,12,14-16,21-22,24,26-28,30,32-49H2,1-2H3,(H,55,57)(H,59,60)(H,61,62)/b7-5-,13-11-,19-17-,20-18+,25-23-,31-29-. The number of ether oxygens (including phenoxy) is 1. The minimum absolute atomic E-state index is 0.120. The van der Waals surface area contributed by atoms with Crippen LogP contribution in [0.4, 0.5) is 0 Å². The van der Waals surface area contributed by atoms with Crippen LogP contribution in [-0.4, -0.2) is 64.9 Å². The Morgan fingerprint density at radius 3 is 1.33 bits per heavy atom. The van der Waals surface area contributed by atoms with Gasteiger partial charge in [-0.1, -0.05) is 196 Å². The van der Waals surface area contributed by atoms with E-state index in [0.29, 0.717) is 12.8 Å². The van der Waals surface area contributed by atoms with E-state index in [1.807, 2.05) is 0 Å². The Balaban J connectivity index is 3.86. The molecular formula is C54H94NO10P. The molecule has 0 spiro atoms. The molecule has 0 radical (unpaired) electrons. The van der Waals surface area contributed by atoms with Crippen LogP contribution in [0.1, 0.15) is 219 Å². The molecule has 0 saturated carbocycles. The van der Waals surface area contributed by atoms with Crippen LogP contribution < -0.4 is 5.32 Å². The van der Waals surface area contributed by atoms with Gasteiger partial charge in [-0.05, 0) is 83.5 Å². The highest BCUT2D eigenvalue weighted by Crippen LogP contribution is 2.43. The Kier molecular flexibility index (Phi) is 46.1. The fourth-order valence-electron chi connectivity index (χ4n) is 6.98. The second-order valence-electron chi connectivity index (χ2n) is 17.3. The lowest BCUT2D eigenvalue weighted by Gasteiger charge is -2.18. The fraction of sp³-hybridized carbons (Fsp3) is 0.722. The molecule has 3 atom stereocenters. The summed E-state index contributed by atoms with van der Waals surface area (Å²) in [6.45, 7) is 2.48. The quantitative estimate of drug-likeness (QED) is 0.0199. The number of esters is 1. The molecule has 0 saturated heterocycles. The molecule has 66 heavy (non-hydrogen) atoms. The van der Waals surface area contributed by atoms with Gasteiger partial charge in [-0.2, -0.15) is 0 Å². The molecule has 12 heteroatoms. The zero-order valence-electron chi connectivity index (χ0n) is 41.5. The second-order valence-corrected chi connectivity index (χ2v) is 18.8. The predicted molar refractivity (Wildman–Crippen MR) is 272 cm³/mol. The Bertz CT molecular complexity index is 1390. The number of phosphoric acid groups is 1. The summed E-state index contributed by atoms with van der Waals surface area (Å²) in [6.07, 6.45) is 59.2. The Hall–Kier alpha value is -3.08. The van der Waals surface area contributed by atoms with Crippen molar-refractivity contribution in [3.05, 3.63) is 72.9 Å². The average Bonchev–Trinajstić information content (AvgIpc) is 3.29. The van der Waals surface area contributed by atoms with Crippen molar-refractivity contribution in [3.63, 3.8) is 0 Å². The van der Waals surface area contributed by atoms with E-state index in [1.54, 1.807) is 0 Å². The molecule has 0 rings (SSSR count). The number of allylic oxidation sites excluding steroid dienone is 12. The summed E-state index contributed by atoms with van der Waals surface area (Å²) in [5.74, 6) is -2.40. The molecule has 0 aromatic carbocycles. The number of carbonyl (C=O) groups excluding carboxylic acids is 2. The number of aliphatic hydroxyl groups is 1. The number of hydrogen-bond donors (Lipinski definition) is 4. The number of carboxylic acid groups (broad SMARTS) is 1. The van der Waals surface area contributed by atoms with E-state index >= 15 is 0 Å². The molecule has 0 aromatic rings. The zero-order valence-corrected chi connectivity index (χ0v) is 42.4. The number of carbonyl (C=O) groups is 3. The van der Waals surface area contributed by atoms with E-state index in [4.69, 9.17) is 13.8 Å². The maximum absolute atomic E-state index is 12.4. The Morgan fingerprint density at radius 1 is 0.500 bits per heavy atom. The summed E-state index contributed by atoms with van der Waals surface area (Å²) in [5.41, 5.74) is 0. The van der Waals surface area contributed by atoms with E-state index in [1.165, 1.54) is 96.3 Å². The SMILES string of the molecule is CC/C=C\C/C=C\C/C=C\C/C=C\C/C=C\CCCCCCCC(=O)NC(COP(=O)(O)OCC(O)COC(=O)CCCCCCCCCCCCC/C=C/CCCCCCCC)C(=O)O. The van der Waals surface area contributed by atoms with Gasteiger partial charge in [-0.15, -0.1) is 0 Å². The van der Waals surface area contributed by atoms with Crippen molar-refractivity contribution in [2.45, 2.75) is 231 Å². The number of rotatable bonds is 48. The van der Waals surface area contributed by atoms with Gasteiger partial charge < -0.3 is 25.2 Å². The zero-order chi connectivity index (χ0) is 48.4. The molecule has 11 nitrogen and oxygen atoms in total. The van der Waals surface area contributed by atoms with E-state index in [-0.39, 0.29) is 12.8 Å². The third kappa shape index (κ3) is 47.4. The van der Waals surface area contributed by atoms with Crippen LogP contribution in [0.3, 0.4) is 0 Å². The molecule has 0 aliphatic heterocycles. The van der Waals surface area contributed by atoms with Crippen molar-refractivity contribution < 1.29 is 47.8 Å². The third-order valence-corrected chi connectivity index (χ3v) is 11.9. The number of aliphatic carboxylic acids is 1. The van der Waals surface area contributed by atoms with Crippen LogP contribution in [0.25, 0.3) is 0 Å². The molecule has 1 amide bonds. The summed E-state index contributed by atoms with van der Waals surface area (Å²) in [5, 5.41) is 21.9. The third-order valence-electron chi connectivity index (χ3n) is 11.0. The summed E-state index contributed by atoms with van der Waals surface area (Å²) in [6, 6.07) is -1.56. The van der Waals surface area contributed by atoms with Crippen molar-refractivity contribution in [1.82, 2.24) is 5.32 Å². The normalized spacial score (nSPS) is 14.1. The molecule has 4 N–H and O–H groups in total. The monoisotopic (exact) mass is 948 g/mol. The van der Waals surface area contributed by atoms with Gasteiger partial charge in [0.05, 0.1) is 13.2 Å². The van der Waals surface area contributed by atoms with Crippen LogP contribution in [0.5, 0.6) is 0 Å². The van der Waals surface area contributed by atoms with Crippen LogP contribution in [-0.2, 0) is 32.7 Å². The summed E-state index contributed by atoms with van der Waals surface area (Å²) < 4.78 is 27.0. The Labute approximate surface area is 401 Å². The number of amides is 1. The first-order valence-electron chi connectivity index (χ1n) is 26.0. The molecule has 0 fully saturated rings. The summed E-state index contributed by atoms with van der Waals surface area (Å²) in [7, 11) is -4.77. The molecule has 3 unspecified atom stereocenters. The van der Waals surface area contributed by atoms with Gasteiger partial charge in [0.25, 0.3) is 0 Å². The van der Waals surface area contributed by atoms with E-state index in [2.05, 4.69) is 92.1 Å². The van der Waals surface area contributed by atoms with E-state index in [9.17, 15) is 34.1 Å². The number of unbranched alkanes of at least 4 members (excludes halogenated alkanes) is 22. The first kappa shape index (κ1) is 62.9. The van der Waals surface area contributed by atoms with Gasteiger partial charge in [-0.3, -0.25) is 18.6 Å². The average molecular weight is 948 g/mol. The number of nitrogens with one attached hydrogen (secondary N) is 1. The lowest BCUT2D eigenvalue weighted by molar-refractivity contribution is -0.147. The minimum atomic E-state index is -4.77. The highest BCUT2D eigenvalue weighted by Gasteiger charge is 2.28. The van der Waals surface area contributed by atoms with Gasteiger partial charge in [0, 0.05) is 12.8 Å². The molecule has 0 aromatic heterocycles. The van der Waals surface area contributed by atoms with Crippen molar-refractivity contribution in [2.75, 3.05) is 19.8 Å². The number of hydrogen-bond acceptors (Lipinski definition) is 8. The first-order chi connectivity index (χ1) is 32.1. The van der Waals surface area contributed by atoms with Crippen LogP contribution >= 0.6 is 7.82 Å². The number of carboxylic acids is 1. The first-order valence-corrected chi connectivity index (χ1v) is 27.5. The predicted octanol–water partition coefficient (Wildman–Crippen LogP) is 14.5. The smallest absolute Gasteiger partial charge is 0.472 e. The van der Waals surface area contributed by atoms with Crippen molar-refractivity contribution in [3.8, 4) is 0 Å². The van der Waals surface area contributed by atoms with Crippen molar-refractivity contribution in [1.29, 1.82) is 0 Å². The highest BCUT2D eigenvalue weighted by atomic mass is 31.2. The number of phosphoric ester groups is 1. The lowest BCUT2D eigenvalue weighted by atomic mass is 10.0. The van der Waals surface area contributed by atoms with Gasteiger partial charge in [-0.25, -0.2) is 9.36 Å². The van der Waals surface area contributed by atoms with Crippen molar-refractivity contribution in [2.24, 2.45) is 0 Å². The van der Waals surface area contributed by atoms with Crippen LogP contribution in [0, 0.1) is 0 Å². The maximum atomic E-state index is 12.4. The summed E-state index contributed by atoms with van der Waals surface area (Å²) in [4.78, 5) is 46.1. The molecular weight excluding hydrogens is 854 g/mol. The number of aliphatic hydroxyl groups excluding tert-OH is 1. The van der Waals surface area contributed by atoms with Gasteiger partial charge in [0.1, 0.15) is 12.7 Å². The van der Waals surface area contributed by atoms with Gasteiger partial charge in [0.2, 0.25) is 5.91 Å². The molecule has 380 valence electrons. The molecule has 0 aliphatic carbocycles. The highest BCUT2D eigenvalue weighted by molar-refractivity contribution is 7.47. The second kappa shape index (κ2) is 48.4. The van der Waals surface area contributed by atoms with E-state index < -0.39 is 57.6 Å². The van der Waals surface area contributed by atoms with Gasteiger partial charge in [0.15, 0.2) is 6.04 Å². The molecule has 0 bridgehead atoms. The topological polar surface area (TPSA) is 169 Å². The van der Waals surface area contributed by atoms with Crippen LogP contribution in [0.2, 0.25) is 0 Å². The van der Waals surface area contributed by atoms with Crippen LogP contribution in [0.15, 0.2) is 72.9 Å². The van der Waals surface area contributed by atoms with Gasteiger partial charge >= 0.3 is 19.8 Å². The molecule has 0 heterocycles. The lowest BCUT2D eigenvalue weighted by Crippen LogP contribution is -2.43. The summed E-state index contributed by atoms with van der Waals surface area (Å²) >= 11 is 0.